The number of nitrogens with zero attached hydrogens (tertiary/aromatic N) is 1. The summed E-state index contributed by atoms with van der Waals surface area (Å²) in [6.45, 7) is 6.20. The molecule has 0 aliphatic carbocycles. The number of likely N-dealkylation sites (tertiary alicyclic amines) is 1. The summed E-state index contributed by atoms with van der Waals surface area (Å²) >= 11 is 1.63. The predicted molar refractivity (Wildman–Crippen MR) is 98.9 cm³/mol. The molecule has 2 unspecified atom stereocenters. The zero-order valence-electron chi connectivity index (χ0n) is 14.5. The Labute approximate surface area is 149 Å². The zero-order chi connectivity index (χ0) is 17.0. The van der Waals surface area contributed by atoms with Crippen molar-refractivity contribution >= 4 is 17.7 Å². The molecule has 0 saturated carbocycles. The second kappa shape index (κ2) is 7.89. The number of hydrogen-bond donors (Lipinski definition) is 2. The van der Waals surface area contributed by atoms with Gasteiger partial charge in [0.15, 0.2) is 5.60 Å². The number of aliphatic hydroxyl groups is 1. The SMILES string of the molecule is CC1CCCN(Cc2ccc(CNC(=O)C3(O)CCSC3)cc2)C1. The molecule has 3 rings (SSSR count). The van der Waals surface area contributed by atoms with Crippen molar-refractivity contribution in [1.82, 2.24) is 10.2 Å². The molecule has 24 heavy (non-hydrogen) atoms. The quantitative estimate of drug-likeness (QED) is 0.858. The Morgan fingerprint density at radius 1 is 1.38 bits per heavy atom. The summed E-state index contributed by atoms with van der Waals surface area (Å²) in [5.41, 5.74) is 1.23. The van der Waals surface area contributed by atoms with Crippen molar-refractivity contribution in [2.24, 2.45) is 5.92 Å². The maximum atomic E-state index is 12.1. The molecule has 2 saturated heterocycles. The molecule has 2 atom stereocenters. The van der Waals surface area contributed by atoms with Crippen LogP contribution < -0.4 is 5.32 Å². The van der Waals surface area contributed by atoms with E-state index in [4.69, 9.17) is 0 Å². The van der Waals surface area contributed by atoms with E-state index < -0.39 is 5.60 Å². The number of amides is 1. The van der Waals surface area contributed by atoms with E-state index in [0.717, 1.165) is 23.8 Å². The normalized spacial score (nSPS) is 28.0. The van der Waals surface area contributed by atoms with Crippen molar-refractivity contribution in [2.45, 2.75) is 44.9 Å². The number of rotatable bonds is 5. The monoisotopic (exact) mass is 348 g/mol. The lowest BCUT2D eigenvalue weighted by Gasteiger charge is -2.30. The van der Waals surface area contributed by atoms with Crippen LogP contribution in [0.5, 0.6) is 0 Å². The van der Waals surface area contributed by atoms with Gasteiger partial charge in [-0.05, 0) is 48.6 Å². The van der Waals surface area contributed by atoms with Crippen LogP contribution in [-0.2, 0) is 17.9 Å². The molecule has 0 aromatic heterocycles. The third-order valence-corrected chi connectivity index (χ3v) is 6.22. The molecule has 1 aromatic rings. The Hall–Kier alpha value is -1.04. The van der Waals surface area contributed by atoms with Crippen molar-refractivity contribution in [2.75, 3.05) is 24.6 Å². The smallest absolute Gasteiger partial charge is 0.253 e. The number of thioether (sulfide) groups is 1. The van der Waals surface area contributed by atoms with Crippen LogP contribution in [0.1, 0.15) is 37.3 Å². The van der Waals surface area contributed by atoms with Crippen molar-refractivity contribution in [1.29, 1.82) is 0 Å². The van der Waals surface area contributed by atoms with Gasteiger partial charge in [0.25, 0.3) is 5.91 Å². The van der Waals surface area contributed by atoms with E-state index in [9.17, 15) is 9.90 Å². The highest BCUT2D eigenvalue weighted by atomic mass is 32.2. The molecule has 5 heteroatoms. The minimum atomic E-state index is -1.17. The average Bonchev–Trinajstić information content (AvgIpc) is 3.02. The Balaban J connectivity index is 1.48. The molecule has 1 aromatic carbocycles. The van der Waals surface area contributed by atoms with Gasteiger partial charge in [0.05, 0.1) is 0 Å². The molecule has 132 valence electrons. The third-order valence-electron chi connectivity index (χ3n) is 5.05. The Kier molecular flexibility index (Phi) is 5.85. The van der Waals surface area contributed by atoms with Gasteiger partial charge in [-0.15, -0.1) is 0 Å². The van der Waals surface area contributed by atoms with Crippen LogP contribution in [0.25, 0.3) is 0 Å². The first-order chi connectivity index (χ1) is 11.5. The highest BCUT2D eigenvalue weighted by molar-refractivity contribution is 7.99. The number of benzene rings is 1. The van der Waals surface area contributed by atoms with Gasteiger partial charge in [0, 0.05) is 25.4 Å². The second-order valence-electron chi connectivity index (χ2n) is 7.32. The number of hydrogen-bond acceptors (Lipinski definition) is 4. The predicted octanol–water partition coefficient (Wildman–Crippen LogP) is 2.40. The molecule has 2 aliphatic heterocycles. The number of carbonyl (C=O) groups is 1. The Morgan fingerprint density at radius 3 is 2.79 bits per heavy atom. The number of piperidine rings is 1. The summed E-state index contributed by atoms with van der Waals surface area (Å²) in [6.07, 6.45) is 3.20. The molecular formula is C19H28N2O2S. The summed E-state index contributed by atoms with van der Waals surface area (Å²) in [5.74, 6) is 1.92. The minimum absolute atomic E-state index is 0.237. The van der Waals surface area contributed by atoms with E-state index in [2.05, 4.69) is 41.4 Å². The molecule has 2 aliphatic rings. The molecule has 4 nitrogen and oxygen atoms in total. The van der Waals surface area contributed by atoms with Crippen LogP contribution in [0.4, 0.5) is 0 Å². The minimum Gasteiger partial charge on any atom is -0.379 e. The fraction of sp³-hybridized carbons (Fsp3) is 0.632. The van der Waals surface area contributed by atoms with E-state index in [-0.39, 0.29) is 5.91 Å². The van der Waals surface area contributed by atoms with Gasteiger partial charge >= 0.3 is 0 Å². The van der Waals surface area contributed by atoms with Crippen molar-refractivity contribution in [3.8, 4) is 0 Å². The summed E-state index contributed by atoms with van der Waals surface area (Å²) in [6, 6.07) is 8.47. The van der Waals surface area contributed by atoms with Crippen molar-refractivity contribution in [3.63, 3.8) is 0 Å². The molecule has 2 fully saturated rings. The molecule has 2 N–H and O–H groups in total. The van der Waals surface area contributed by atoms with Gasteiger partial charge in [-0.25, -0.2) is 0 Å². The van der Waals surface area contributed by atoms with Gasteiger partial charge < -0.3 is 10.4 Å². The maximum Gasteiger partial charge on any atom is 0.253 e. The second-order valence-corrected chi connectivity index (χ2v) is 8.42. The van der Waals surface area contributed by atoms with E-state index in [1.54, 1.807) is 11.8 Å². The fourth-order valence-electron chi connectivity index (χ4n) is 3.53. The first-order valence-corrected chi connectivity index (χ1v) is 10.1. The molecule has 0 bridgehead atoms. The first-order valence-electron chi connectivity index (χ1n) is 8.94. The number of nitrogens with one attached hydrogen (secondary N) is 1. The van der Waals surface area contributed by atoms with Crippen LogP contribution in [0.3, 0.4) is 0 Å². The first kappa shape index (κ1) is 17.8. The maximum absolute atomic E-state index is 12.1. The summed E-state index contributed by atoms with van der Waals surface area (Å²) in [5, 5.41) is 13.1. The molecule has 0 spiro atoms. The lowest BCUT2D eigenvalue weighted by Crippen LogP contribution is -2.46. The lowest BCUT2D eigenvalue weighted by molar-refractivity contribution is -0.137. The molecule has 1 amide bonds. The fourth-order valence-corrected chi connectivity index (χ4v) is 4.77. The summed E-state index contributed by atoms with van der Waals surface area (Å²) in [4.78, 5) is 14.6. The van der Waals surface area contributed by atoms with Gasteiger partial charge in [-0.2, -0.15) is 11.8 Å². The van der Waals surface area contributed by atoms with Crippen LogP contribution in [0.2, 0.25) is 0 Å². The third kappa shape index (κ3) is 4.52. The van der Waals surface area contributed by atoms with E-state index in [1.807, 2.05) is 0 Å². The topological polar surface area (TPSA) is 52.6 Å². The standard InChI is InChI=1S/C19H28N2O2S/c1-15-3-2-9-21(12-15)13-17-6-4-16(5-7-17)11-20-18(22)19(23)8-10-24-14-19/h4-7,15,23H,2-3,8-14H2,1H3,(H,20,22). The highest BCUT2D eigenvalue weighted by Gasteiger charge is 2.39. The van der Waals surface area contributed by atoms with Crippen molar-refractivity contribution < 1.29 is 9.90 Å². The zero-order valence-corrected chi connectivity index (χ0v) is 15.3. The largest absolute Gasteiger partial charge is 0.379 e. The van der Waals surface area contributed by atoms with E-state index >= 15 is 0 Å². The molecular weight excluding hydrogens is 320 g/mol. The van der Waals surface area contributed by atoms with Gasteiger partial charge in [-0.3, -0.25) is 9.69 Å². The Morgan fingerprint density at radius 2 is 2.12 bits per heavy atom. The van der Waals surface area contributed by atoms with Crippen LogP contribution >= 0.6 is 11.8 Å². The van der Waals surface area contributed by atoms with Gasteiger partial charge in [0.1, 0.15) is 0 Å². The van der Waals surface area contributed by atoms with Crippen LogP contribution in [-0.4, -0.2) is 46.1 Å². The number of carbonyl (C=O) groups excluding carboxylic acids is 1. The van der Waals surface area contributed by atoms with Gasteiger partial charge in [0.2, 0.25) is 0 Å². The lowest BCUT2D eigenvalue weighted by atomic mass is 9.99. The summed E-state index contributed by atoms with van der Waals surface area (Å²) < 4.78 is 0. The molecule has 0 radical (unpaired) electrons. The van der Waals surface area contributed by atoms with E-state index in [1.165, 1.54) is 31.5 Å². The average molecular weight is 349 g/mol. The molecule has 2 heterocycles. The van der Waals surface area contributed by atoms with Crippen LogP contribution in [0.15, 0.2) is 24.3 Å². The van der Waals surface area contributed by atoms with Gasteiger partial charge in [-0.1, -0.05) is 31.2 Å². The Bertz CT molecular complexity index is 555. The van der Waals surface area contributed by atoms with Crippen LogP contribution in [0, 0.1) is 5.92 Å². The summed E-state index contributed by atoms with van der Waals surface area (Å²) in [7, 11) is 0. The highest BCUT2D eigenvalue weighted by Crippen LogP contribution is 2.28. The van der Waals surface area contributed by atoms with Crippen molar-refractivity contribution in [3.05, 3.63) is 35.4 Å². The van der Waals surface area contributed by atoms with E-state index in [0.29, 0.717) is 18.7 Å².